The van der Waals surface area contributed by atoms with Crippen LogP contribution >= 0.6 is 11.8 Å². The van der Waals surface area contributed by atoms with E-state index < -0.39 is 0 Å². The molecule has 1 saturated heterocycles. The molecule has 5 heteroatoms. The zero-order chi connectivity index (χ0) is 14.7. The molecule has 1 aliphatic rings. The highest BCUT2D eigenvalue weighted by molar-refractivity contribution is 7.99. The van der Waals surface area contributed by atoms with Crippen molar-refractivity contribution in [2.24, 2.45) is 0 Å². The Labute approximate surface area is 130 Å². The molecule has 21 heavy (non-hydrogen) atoms. The minimum atomic E-state index is 0.394. The molecule has 114 valence electrons. The van der Waals surface area contributed by atoms with Crippen LogP contribution in [-0.4, -0.2) is 33.9 Å². The summed E-state index contributed by atoms with van der Waals surface area (Å²) in [6.45, 7) is 6.10. The molecule has 0 bridgehead atoms. The number of fused-ring (bicyclic) bond motifs is 1. The number of nitrogens with one attached hydrogen (secondary N) is 1. The molecule has 4 nitrogen and oxygen atoms in total. The lowest BCUT2D eigenvalue weighted by Gasteiger charge is -2.11. The normalized spacial score (nSPS) is 18.9. The molecule has 0 spiro atoms. The third-order valence-corrected chi connectivity index (χ3v) is 4.84. The Morgan fingerprint density at radius 1 is 1.48 bits per heavy atom. The van der Waals surface area contributed by atoms with Crippen LogP contribution in [0.4, 0.5) is 0 Å². The minimum Gasteiger partial charge on any atom is -0.377 e. The van der Waals surface area contributed by atoms with E-state index in [-0.39, 0.29) is 0 Å². The molecule has 0 aromatic carbocycles. The van der Waals surface area contributed by atoms with E-state index in [1.165, 1.54) is 18.5 Å². The highest BCUT2D eigenvalue weighted by Crippen LogP contribution is 2.27. The zero-order valence-corrected chi connectivity index (χ0v) is 13.5. The molecule has 1 aliphatic heterocycles. The number of nitrogens with zero attached hydrogens (tertiary/aromatic N) is 2. The minimum absolute atomic E-state index is 0.394. The van der Waals surface area contributed by atoms with Crippen LogP contribution in [0.15, 0.2) is 29.4 Å². The van der Waals surface area contributed by atoms with Gasteiger partial charge in [-0.1, -0.05) is 19.9 Å². The van der Waals surface area contributed by atoms with Gasteiger partial charge in [-0.05, 0) is 25.0 Å². The van der Waals surface area contributed by atoms with Crippen molar-refractivity contribution in [1.82, 2.24) is 14.7 Å². The average molecular weight is 305 g/mol. The largest absolute Gasteiger partial charge is 0.377 e. The van der Waals surface area contributed by atoms with E-state index in [9.17, 15) is 0 Å². The molecule has 0 aliphatic carbocycles. The Balaban J connectivity index is 1.79. The van der Waals surface area contributed by atoms with Gasteiger partial charge in [0.05, 0.1) is 11.8 Å². The molecular formula is C16H23N3OS. The average Bonchev–Trinajstić information content (AvgIpc) is 3.10. The molecule has 1 atom stereocenters. The SMILES string of the molecule is CC(C)NCc1c(SCC2CCCO2)nc2ccccn12. The topological polar surface area (TPSA) is 38.6 Å². The van der Waals surface area contributed by atoms with Gasteiger partial charge in [-0.3, -0.25) is 0 Å². The van der Waals surface area contributed by atoms with Crippen LogP contribution in [0.25, 0.3) is 5.65 Å². The Kier molecular flexibility index (Phi) is 4.83. The predicted molar refractivity (Wildman–Crippen MR) is 86.9 cm³/mol. The maximum absolute atomic E-state index is 5.72. The Morgan fingerprint density at radius 3 is 3.14 bits per heavy atom. The molecular weight excluding hydrogens is 282 g/mol. The second kappa shape index (κ2) is 6.81. The van der Waals surface area contributed by atoms with Crippen molar-refractivity contribution in [3.63, 3.8) is 0 Å². The Hall–Kier alpha value is -1.04. The van der Waals surface area contributed by atoms with Crippen molar-refractivity contribution in [3.05, 3.63) is 30.1 Å². The van der Waals surface area contributed by atoms with Crippen molar-refractivity contribution in [3.8, 4) is 0 Å². The molecule has 2 aromatic heterocycles. The van der Waals surface area contributed by atoms with E-state index in [2.05, 4.69) is 41.9 Å². The summed E-state index contributed by atoms with van der Waals surface area (Å²) in [4.78, 5) is 4.78. The fourth-order valence-electron chi connectivity index (χ4n) is 2.55. The van der Waals surface area contributed by atoms with Gasteiger partial charge >= 0.3 is 0 Å². The maximum Gasteiger partial charge on any atom is 0.138 e. The summed E-state index contributed by atoms with van der Waals surface area (Å²) in [7, 11) is 0. The van der Waals surface area contributed by atoms with Crippen molar-refractivity contribution >= 4 is 17.4 Å². The first-order chi connectivity index (χ1) is 10.2. The summed E-state index contributed by atoms with van der Waals surface area (Å²) >= 11 is 1.82. The number of imidazole rings is 1. The summed E-state index contributed by atoms with van der Waals surface area (Å²) in [6.07, 6.45) is 4.86. The van der Waals surface area contributed by atoms with Crippen LogP contribution in [-0.2, 0) is 11.3 Å². The monoisotopic (exact) mass is 305 g/mol. The van der Waals surface area contributed by atoms with Crippen LogP contribution in [0.1, 0.15) is 32.4 Å². The van der Waals surface area contributed by atoms with Gasteiger partial charge in [0.2, 0.25) is 0 Å². The first-order valence-corrected chi connectivity index (χ1v) is 8.66. The number of pyridine rings is 1. The number of hydrogen-bond donors (Lipinski definition) is 1. The van der Waals surface area contributed by atoms with Gasteiger partial charge in [0.15, 0.2) is 0 Å². The smallest absolute Gasteiger partial charge is 0.138 e. The summed E-state index contributed by atoms with van der Waals surface area (Å²) in [5.74, 6) is 0.999. The number of hydrogen-bond acceptors (Lipinski definition) is 4. The lowest BCUT2D eigenvalue weighted by Crippen LogP contribution is -2.23. The lowest BCUT2D eigenvalue weighted by molar-refractivity contribution is 0.129. The summed E-state index contributed by atoms with van der Waals surface area (Å²) < 4.78 is 7.90. The van der Waals surface area contributed by atoms with E-state index in [0.717, 1.165) is 29.6 Å². The molecule has 0 radical (unpaired) electrons. The fourth-order valence-corrected chi connectivity index (χ4v) is 3.65. The Morgan fingerprint density at radius 2 is 2.38 bits per heavy atom. The molecule has 1 unspecified atom stereocenters. The second-order valence-corrected chi connectivity index (χ2v) is 6.78. The first-order valence-electron chi connectivity index (χ1n) is 7.68. The van der Waals surface area contributed by atoms with Gasteiger partial charge in [0, 0.05) is 31.1 Å². The summed E-state index contributed by atoms with van der Waals surface area (Å²) in [5, 5.41) is 4.63. The van der Waals surface area contributed by atoms with E-state index in [4.69, 9.17) is 9.72 Å². The standard InChI is InChI=1S/C16H23N3OS/c1-12(2)17-10-14-16(21-11-13-6-5-9-20-13)18-15-7-3-4-8-19(14)15/h3-4,7-8,12-13,17H,5-6,9-11H2,1-2H3. The molecule has 0 saturated carbocycles. The van der Waals surface area contributed by atoms with Crippen LogP contribution in [0.2, 0.25) is 0 Å². The van der Waals surface area contributed by atoms with Crippen LogP contribution in [0, 0.1) is 0 Å². The third-order valence-electron chi connectivity index (χ3n) is 3.70. The molecule has 0 amide bonds. The number of aromatic nitrogens is 2. The zero-order valence-electron chi connectivity index (χ0n) is 12.7. The van der Waals surface area contributed by atoms with Crippen molar-refractivity contribution in [2.45, 2.75) is 50.4 Å². The van der Waals surface area contributed by atoms with Gasteiger partial charge in [-0.25, -0.2) is 4.98 Å². The van der Waals surface area contributed by atoms with E-state index in [1.807, 2.05) is 17.8 Å². The number of rotatable bonds is 6. The van der Waals surface area contributed by atoms with E-state index >= 15 is 0 Å². The lowest BCUT2D eigenvalue weighted by atomic mass is 10.3. The number of ether oxygens (including phenoxy) is 1. The molecule has 3 heterocycles. The highest BCUT2D eigenvalue weighted by atomic mass is 32.2. The van der Waals surface area contributed by atoms with Gasteiger partial charge in [0.25, 0.3) is 0 Å². The molecule has 2 aromatic rings. The third kappa shape index (κ3) is 3.59. The van der Waals surface area contributed by atoms with Crippen molar-refractivity contribution in [1.29, 1.82) is 0 Å². The van der Waals surface area contributed by atoms with Gasteiger partial charge in [0.1, 0.15) is 10.7 Å². The summed E-state index contributed by atoms with van der Waals surface area (Å²) in [6, 6.07) is 6.63. The summed E-state index contributed by atoms with van der Waals surface area (Å²) in [5.41, 5.74) is 2.27. The van der Waals surface area contributed by atoms with Crippen LogP contribution in [0.5, 0.6) is 0 Å². The molecule has 1 fully saturated rings. The Bertz CT molecular complexity index is 590. The van der Waals surface area contributed by atoms with Gasteiger partial charge in [-0.15, -0.1) is 11.8 Å². The van der Waals surface area contributed by atoms with Crippen molar-refractivity contribution < 1.29 is 4.74 Å². The molecule has 1 N–H and O–H groups in total. The quantitative estimate of drug-likeness (QED) is 0.832. The van der Waals surface area contributed by atoms with Crippen molar-refractivity contribution in [2.75, 3.05) is 12.4 Å². The van der Waals surface area contributed by atoms with E-state index in [1.54, 1.807) is 0 Å². The first kappa shape index (κ1) is 14.9. The van der Waals surface area contributed by atoms with E-state index in [0.29, 0.717) is 12.1 Å². The van der Waals surface area contributed by atoms with Crippen LogP contribution in [0.3, 0.4) is 0 Å². The van der Waals surface area contributed by atoms with Crippen LogP contribution < -0.4 is 5.32 Å². The van der Waals surface area contributed by atoms with Gasteiger partial charge < -0.3 is 14.5 Å². The number of thioether (sulfide) groups is 1. The highest BCUT2D eigenvalue weighted by Gasteiger charge is 2.18. The van der Waals surface area contributed by atoms with Gasteiger partial charge in [-0.2, -0.15) is 0 Å². The second-order valence-electron chi connectivity index (χ2n) is 5.77. The predicted octanol–water partition coefficient (Wildman–Crippen LogP) is 3.10. The maximum atomic E-state index is 5.72. The fraction of sp³-hybridized carbons (Fsp3) is 0.562. The molecule has 3 rings (SSSR count).